The zero-order valence-corrected chi connectivity index (χ0v) is 5.94. The molecule has 0 aromatic carbocycles. The predicted molar refractivity (Wildman–Crippen MR) is 33.3 cm³/mol. The summed E-state index contributed by atoms with van der Waals surface area (Å²) in [6, 6.07) is -0.874. The number of halogens is 2. The van der Waals surface area contributed by atoms with E-state index in [4.69, 9.17) is 10.8 Å². The molecule has 0 bridgehead atoms. The Hall–Kier alpha value is -1.08. The molecule has 12 heavy (non-hydrogen) atoms. The van der Waals surface area contributed by atoms with Crippen LogP contribution >= 0.6 is 0 Å². The van der Waals surface area contributed by atoms with Gasteiger partial charge in [-0.2, -0.15) is 13.8 Å². The Kier molecular flexibility index (Phi) is 2.66. The smallest absolute Gasteiger partial charge is 0.315 e. The molecule has 1 aromatic heterocycles. The second-order valence-corrected chi connectivity index (χ2v) is 2.08. The Bertz CT molecular complexity index is 253. The Morgan fingerprint density at radius 2 is 2.25 bits per heavy atom. The summed E-state index contributed by atoms with van der Waals surface area (Å²) in [4.78, 5) is 3.27. The van der Waals surface area contributed by atoms with Crippen molar-refractivity contribution in [3.63, 3.8) is 0 Å². The highest BCUT2D eigenvalue weighted by atomic mass is 19.3. The molecular formula is C5H7F2N3O2. The number of rotatable bonds is 3. The molecule has 1 heterocycles. The molecule has 0 aliphatic heterocycles. The zero-order valence-electron chi connectivity index (χ0n) is 5.94. The molecule has 0 spiro atoms. The second kappa shape index (κ2) is 3.55. The minimum Gasteiger partial charge on any atom is -0.394 e. The van der Waals surface area contributed by atoms with Gasteiger partial charge in [0.2, 0.25) is 0 Å². The Balaban J connectivity index is 2.77. The third-order valence-corrected chi connectivity index (χ3v) is 1.17. The van der Waals surface area contributed by atoms with Crippen molar-refractivity contribution in [1.29, 1.82) is 0 Å². The fraction of sp³-hybridized carbons (Fsp3) is 0.600. The number of aliphatic hydroxyl groups is 1. The third kappa shape index (κ3) is 1.74. The fourth-order valence-corrected chi connectivity index (χ4v) is 0.568. The van der Waals surface area contributed by atoms with Gasteiger partial charge in [-0.3, -0.25) is 0 Å². The van der Waals surface area contributed by atoms with Gasteiger partial charge in [-0.1, -0.05) is 5.16 Å². The molecule has 0 radical (unpaired) electrons. The predicted octanol–water partition coefficient (Wildman–Crippen LogP) is -0.000700. The van der Waals surface area contributed by atoms with Crippen molar-refractivity contribution in [3.8, 4) is 0 Å². The highest BCUT2D eigenvalue weighted by Gasteiger charge is 2.19. The van der Waals surface area contributed by atoms with E-state index in [-0.39, 0.29) is 5.82 Å². The summed E-state index contributed by atoms with van der Waals surface area (Å²) in [5.74, 6) is -0.901. The summed E-state index contributed by atoms with van der Waals surface area (Å²) in [7, 11) is 0. The summed E-state index contributed by atoms with van der Waals surface area (Å²) < 4.78 is 27.8. The van der Waals surface area contributed by atoms with Gasteiger partial charge in [0.1, 0.15) is 0 Å². The van der Waals surface area contributed by atoms with Crippen molar-refractivity contribution >= 4 is 0 Å². The maximum atomic E-state index is 11.8. The molecule has 0 saturated heterocycles. The number of hydrogen-bond donors (Lipinski definition) is 2. The first-order valence-corrected chi connectivity index (χ1v) is 3.13. The van der Waals surface area contributed by atoms with Crippen LogP contribution in [0, 0.1) is 0 Å². The number of nitrogens with zero attached hydrogens (tertiary/aromatic N) is 2. The molecule has 1 atom stereocenters. The van der Waals surface area contributed by atoms with Crippen LogP contribution in [-0.2, 0) is 0 Å². The van der Waals surface area contributed by atoms with E-state index < -0.39 is 25.0 Å². The summed E-state index contributed by atoms with van der Waals surface area (Å²) in [5.41, 5.74) is 5.23. The van der Waals surface area contributed by atoms with Gasteiger partial charge in [-0.25, -0.2) is 0 Å². The zero-order chi connectivity index (χ0) is 9.14. The van der Waals surface area contributed by atoms with Crippen LogP contribution in [0.25, 0.3) is 0 Å². The molecule has 1 rings (SSSR count). The van der Waals surface area contributed by atoms with Crippen molar-refractivity contribution in [2.45, 2.75) is 12.5 Å². The van der Waals surface area contributed by atoms with Crippen molar-refractivity contribution in [1.82, 2.24) is 10.1 Å². The van der Waals surface area contributed by atoms with Crippen LogP contribution in [0.3, 0.4) is 0 Å². The molecule has 68 valence electrons. The molecule has 1 unspecified atom stereocenters. The van der Waals surface area contributed by atoms with Crippen LogP contribution in [0.1, 0.15) is 24.2 Å². The van der Waals surface area contributed by atoms with Gasteiger partial charge < -0.3 is 15.4 Å². The van der Waals surface area contributed by atoms with Crippen LogP contribution < -0.4 is 5.73 Å². The van der Waals surface area contributed by atoms with E-state index in [0.29, 0.717) is 0 Å². The monoisotopic (exact) mass is 179 g/mol. The average Bonchev–Trinajstić information content (AvgIpc) is 2.51. The lowest BCUT2D eigenvalue weighted by Crippen LogP contribution is -2.16. The lowest BCUT2D eigenvalue weighted by molar-refractivity contribution is 0.106. The van der Waals surface area contributed by atoms with Crippen LogP contribution in [0.4, 0.5) is 8.78 Å². The maximum Gasteiger partial charge on any atom is 0.315 e. The molecule has 5 nitrogen and oxygen atoms in total. The minimum absolute atomic E-state index is 0.118. The van der Waals surface area contributed by atoms with E-state index in [2.05, 4.69) is 14.7 Å². The Labute approximate surface area is 66.2 Å². The molecule has 7 heteroatoms. The van der Waals surface area contributed by atoms with E-state index >= 15 is 0 Å². The Morgan fingerprint density at radius 3 is 2.67 bits per heavy atom. The van der Waals surface area contributed by atoms with Gasteiger partial charge in [-0.15, -0.1) is 0 Å². The molecule has 3 N–H and O–H groups in total. The van der Waals surface area contributed by atoms with Gasteiger partial charge in [0.05, 0.1) is 12.6 Å². The minimum atomic E-state index is -2.81. The van der Waals surface area contributed by atoms with E-state index in [1.807, 2.05) is 0 Å². The Morgan fingerprint density at radius 1 is 1.58 bits per heavy atom. The number of hydrogen-bond acceptors (Lipinski definition) is 5. The fourth-order valence-electron chi connectivity index (χ4n) is 0.568. The van der Waals surface area contributed by atoms with Gasteiger partial charge in [0.25, 0.3) is 5.89 Å². The van der Waals surface area contributed by atoms with Crippen molar-refractivity contribution in [2.24, 2.45) is 5.73 Å². The molecule has 0 amide bonds. The summed E-state index contributed by atoms with van der Waals surface area (Å²) in [5, 5.41) is 11.7. The van der Waals surface area contributed by atoms with Crippen LogP contribution in [-0.4, -0.2) is 21.9 Å². The number of alkyl halides is 2. The molecule has 1 aromatic rings. The summed E-state index contributed by atoms with van der Waals surface area (Å²) >= 11 is 0. The average molecular weight is 179 g/mol. The lowest BCUT2D eigenvalue weighted by atomic mass is 10.3. The quantitative estimate of drug-likeness (QED) is 0.682. The largest absolute Gasteiger partial charge is 0.394 e. The van der Waals surface area contributed by atoms with E-state index in [1.54, 1.807) is 0 Å². The van der Waals surface area contributed by atoms with Crippen molar-refractivity contribution < 1.29 is 18.4 Å². The second-order valence-electron chi connectivity index (χ2n) is 2.08. The summed E-state index contributed by atoms with van der Waals surface area (Å²) in [6.07, 6.45) is -2.81. The van der Waals surface area contributed by atoms with Crippen LogP contribution in [0.15, 0.2) is 4.52 Å². The van der Waals surface area contributed by atoms with Crippen molar-refractivity contribution in [2.75, 3.05) is 6.61 Å². The molecule has 0 saturated carbocycles. The first-order chi connectivity index (χ1) is 5.65. The van der Waals surface area contributed by atoms with E-state index in [0.717, 1.165) is 0 Å². The molecular weight excluding hydrogens is 172 g/mol. The van der Waals surface area contributed by atoms with Gasteiger partial charge >= 0.3 is 6.43 Å². The lowest BCUT2D eigenvalue weighted by Gasteiger charge is -1.98. The third-order valence-electron chi connectivity index (χ3n) is 1.17. The molecule has 0 aliphatic rings. The standard InChI is InChI=1S/C5H7F2N3O2/c6-3(7)5-9-4(10-12-5)2(8)1-11/h2-3,11H,1,8H2. The van der Waals surface area contributed by atoms with Gasteiger partial charge in [-0.05, 0) is 0 Å². The number of aromatic nitrogens is 2. The van der Waals surface area contributed by atoms with Crippen molar-refractivity contribution in [3.05, 3.63) is 11.7 Å². The summed E-state index contributed by atoms with van der Waals surface area (Å²) in [6.45, 7) is -0.414. The first-order valence-electron chi connectivity index (χ1n) is 3.13. The first kappa shape index (κ1) is 9.01. The maximum absolute atomic E-state index is 11.8. The van der Waals surface area contributed by atoms with Gasteiger partial charge in [0, 0.05) is 0 Å². The normalized spacial score (nSPS) is 13.8. The van der Waals surface area contributed by atoms with Gasteiger partial charge in [0.15, 0.2) is 5.82 Å². The number of nitrogens with two attached hydrogens (primary N) is 1. The topological polar surface area (TPSA) is 85.2 Å². The van der Waals surface area contributed by atoms with E-state index in [9.17, 15) is 8.78 Å². The SMILES string of the molecule is NC(CO)c1noc(C(F)F)n1. The highest BCUT2D eigenvalue weighted by molar-refractivity contribution is 4.93. The van der Waals surface area contributed by atoms with Crippen LogP contribution in [0.2, 0.25) is 0 Å². The van der Waals surface area contributed by atoms with Crippen LogP contribution in [0.5, 0.6) is 0 Å². The van der Waals surface area contributed by atoms with E-state index in [1.165, 1.54) is 0 Å². The molecule has 0 aliphatic carbocycles. The highest BCUT2D eigenvalue weighted by Crippen LogP contribution is 2.17. The molecule has 0 fully saturated rings. The number of aliphatic hydroxyl groups excluding tert-OH is 1.